The summed E-state index contributed by atoms with van der Waals surface area (Å²) in [7, 11) is 0. The lowest BCUT2D eigenvalue weighted by atomic mass is 9.92. The minimum Gasteiger partial charge on any atom is -0.361 e. The van der Waals surface area contributed by atoms with Gasteiger partial charge in [0, 0.05) is 29.6 Å². The van der Waals surface area contributed by atoms with Gasteiger partial charge in [0.05, 0.1) is 0 Å². The molecule has 0 radical (unpaired) electrons. The first-order valence-corrected chi connectivity index (χ1v) is 8.74. The summed E-state index contributed by atoms with van der Waals surface area (Å²) in [6, 6.07) is 6.32. The molecule has 1 atom stereocenters. The molecule has 2 heterocycles. The van der Waals surface area contributed by atoms with Crippen molar-refractivity contribution in [2.24, 2.45) is 11.3 Å². The Morgan fingerprint density at radius 3 is 2.92 bits per heavy atom. The van der Waals surface area contributed by atoms with Crippen LogP contribution in [0.3, 0.4) is 0 Å². The molecule has 1 aliphatic heterocycles. The number of nitrogens with one attached hydrogen (secondary N) is 3. The van der Waals surface area contributed by atoms with Gasteiger partial charge in [-0.25, -0.2) is 0 Å². The second kappa shape index (κ2) is 6.77. The number of carbonyl (C=O) groups excluding carboxylic acids is 1. The van der Waals surface area contributed by atoms with E-state index in [0.29, 0.717) is 5.41 Å². The van der Waals surface area contributed by atoms with Gasteiger partial charge in [0.2, 0.25) is 5.91 Å². The first-order chi connectivity index (χ1) is 11.2. The summed E-state index contributed by atoms with van der Waals surface area (Å²) in [5, 5.41) is 7.86. The average Bonchev–Trinajstić information content (AvgIpc) is 3.07. The molecule has 130 valence electrons. The van der Waals surface area contributed by atoms with Crippen molar-refractivity contribution in [2.75, 3.05) is 19.6 Å². The number of carbonyl (C=O) groups is 1. The van der Waals surface area contributed by atoms with Crippen molar-refractivity contribution in [2.45, 2.75) is 32.6 Å². The summed E-state index contributed by atoms with van der Waals surface area (Å²) in [6.45, 7) is 5.01. The van der Waals surface area contributed by atoms with Gasteiger partial charge in [-0.1, -0.05) is 12.1 Å². The van der Waals surface area contributed by atoms with Crippen molar-refractivity contribution in [1.29, 1.82) is 0 Å². The topological polar surface area (TPSA) is 56.9 Å². The molecular formula is C19H26ClN3O. The van der Waals surface area contributed by atoms with Gasteiger partial charge in [0.25, 0.3) is 0 Å². The standard InChI is InChI=1S/C19H25N3O.ClH/c1-13-3-2-4-16-17(13)14(12-22-16)5-8-21-18(23)15-11-19(15)6-9-20-10-7-19;/h2-4,12,15,20,22H,5-11H2,1H3,(H,21,23);1H. The lowest BCUT2D eigenvalue weighted by Gasteiger charge is -2.23. The van der Waals surface area contributed by atoms with Crippen LogP contribution >= 0.6 is 12.4 Å². The molecule has 4 nitrogen and oxygen atoms in total. The van der Waals surface area contributed by atoms with E-state index in [1.807, 2.05) is 0 Å². The molecule has 1 saturated carbocycles. The van der Waals surface area contributed by atoms with Crippen molar-refractivity contribution in [3.05, 3.63) is 35.5 Å². The third kappa shape index (κ3) is 3.05. The maximum atomic E-state index is 12.4. The first-order valence-electron chi connectivity index (χ1n) is 8.74. The number of hydrogen-bond donors (Lipinski definition) is 3. The highest BCUT2D eigenvalue weighted by molar-refractivity contribution is 5.86. The minimum absolute atomic E-state index is 0. The van der Waals surface area contributed by atoms with Gasteiger partial charge in [-0.3, -0.25) is 4.79 Å². The summed E-state index contributed by atoms with van der Waals surface area (Å²) in [6.07, 6.45) is 6.37. The molecule has 1 unspecified atom stereocenters. The molecule has 24 heavy (non-hydrogen) atoms. The Hall–Kier alpha value is -1.52. The number of amides is 1. The molecule has 1 spiro atoms. The van der Waals surface area contributed by atoms with E-state index in [-0.39, 0.29) is 24.2 Å². The Morgan fingerprint density at radius 2 is 2.12 bits per heavy atom. The number of hydrogen-bond acceptors (Lipinski definition) is 2. The molecular weight excluding hydrogens is 322 g/mol. The molecule has 1 aromatic heterocycles. The van der Waals surface area contributed by atoms with Crippen LogP contribution in [-0.2, 0) is 11.2 Å². The fourth-order valence-corrected chi connectivity index (χ4v) is 4.29. The van der Waals surface area contributed by atoms with Crippen molar-refractivity contribution in [3.8, 4) is 0 Å². The quantitative estimate of drug-likeness (QED) is 0.796. The molecule has 1 saturated heterocycles. The van der Waals surface area contributed by atoms with Gasteiger partial charge < -0.3 is 15.6 Å². The molecule has 1 aromatic carbocycles. The predicted octanol–water partition coefficient (Wildman–Crippen LogP) is 2.95. The second-order valence-electron chi connectivity index (χ2n) is 7.22. The van der Waals surface area contributed by atoms with Crippen molar-refractivity contribution in [1.82, 2.24) is 15.6 Å². The highest BCUT2D eigenvalue weighted by atomic mass is 35.5. The third-order valence-electron chi connectivity index (χ3n) is 5.79. The van der Waals surface area contributed by atoms with E-state index in [1.54, 1.807) is 0 Å². The van der Waals surface area contributed by atoms with Crippen LogP contribution in [0.25, 0.3) is 10.9 Å². The summed E-state index contributed by atoms with van der Waals surface area (Å²) >= 11 is 0. The third-order valence-corrected chi connectivity index (χ3v) is 5.79. The molecule has 1 aliphatic carbocycles. The number of piperidine rings is 1. The van der Waals surface area contributed by atoms with Gasteiger partial charge in [-0.05, 0) is 68.3 Å². The van der Waals surface area contributed by atoms with Crippen LogP contribution in [0.5, 0.6) is 0 Å². The molecule has 1 amide bonds. The van der Waals surface area contributed by atoms with Crippen molar-refractivity contribution < 1.29 is 4.79 Å². The molecule has 4 rings (SSSR count). The number of aromatic amines is 1. The van der Waals surface area contributed by atoms with E-state index in [4.69, 9.17) is 0 Å². The zero-order valence-electron chi connectivity index (χ0n) is 14.2. The number of aromatic nitrogens is 1. The lowest BCUT2D eigenvalue weighted by Crippen LogP contribution is -2.34. The van der Waals surface area contributed by atoms with Gasteiger partial charge in [0.15, 0.2) is 0 Å². The zero-order valence-corrected chi connectivity index (χ0v) is 15.0. The van der Waals surface area contributed by atoms with Gasteiger partial charge in [-0.15, -0.1) is 12.4 Å². The van der Waals surface area contributed by atoms with Crippen LogP contribution in [-0.4, -0.2) is 30.5 Å². The minimum atomic E-state index is 0. The van der Waals surface area contributed by atoms with E-state index < -0.39 is 0 Å². The van der Waals surface area contributed by atoms with Crippen LogP contribution in [0.1, 0.15) is 30.4 Å². The maximum Gasteiger partial charge on any atom is 0.223 e. The fourth-order valence-electron chi connectivity index (χ4n) is 4.29. The first kappa shape index (κ1) is 17.3. The smallest absolute Gasteiger partial charge is 0.223 e. The predicted molar refractivity (Wildman–Crippen MR) is 99.6 cm³/mol. The van der Waals surface area contributed by atoms with Crippen LogP contribution < -0.4 is 10.6 Å². The Morgan fingerprint density at radius 1 is 1.33 bits per heavy atom. The molecule has 0 bridgehead atoms. The van der Waals surface area contributed by atoms with Crippen molar-refractivity contribution >= 4 is 29.2 Å². The van der Waals surface area contributed by atoms with Gasteiger partial charge >= 0.3 is 0 Å². The summed E-state index contributed by atoms with van der Waals surface area (Å²) in [4.78, 5) is 15.7. The highest BCUT2D eigenvalue weighted by Gasteiger charge is 2.57. The molecule has 3 N–H and O–H groups in total. The van der Waals surface area contributed by atoms with Crippen LogP contribution in [0.2, 0.25) is 0 Å². The van der Waals surface area contributed by atoms with E-state index in [0.717, 1.165) is 45.3 Å². The largest absolute Gasteiger partial charge is 0.361 e. The molecule has 2 aliphatic rings. The van der Waals surface area contributed by atoms with E-state index >= 15 is 0 Å². The molecule has 2 fully saturated rings. The highest BCUT2D eigenvalue weighted by Crippen LogP contribution is 2.58. The number of H-pyrrole nitrogens is 1. The Balaban J connectivity index is 0.00000169. The SMILES string of the molecule is Cc1cccc2[nH]cc(CCNC(=O)C3CC34CCNCC4)c12.Cl. The normalized spacial score (nSPS) is 21.5. The van der Waals surface area contributed by atoms with E-state index in [2.05, 4.69) is 46.9 Å². The number of aryl methyl sites for hydroxylation is 1. The Kier molecular flexibility index (Phi) is 4.88. The number of fused-ring (bicyclic) bond motifs is 1. The van der Waals surface area contributed by atoms with Crippen LogP contribution in [0.4, 0.5) is 0 Å². The lowest BCUT2D eigenvalue weighted by molar-refractivity contribution is -0.123. The Labute approximate surface area is 149 Å². The maximum absolute atomic E-state index is 12.4. The van der Waals surface area contributed by atoms with Crippen LogP contribution in [0, 0.1) is 18.3 Å². The van der Waals surface area contributed by atoms with E-state index in [9.17, 15) is 4.79 Å². The van der Waals surface area contributed by atoms with Crippen LogP contribution in [0.15, 0.2) is 24.4 Å². The number of halogens is 1. The average molecular weight is 348 g/mol. The summed E-state index contributed by atoms with van der Waals surface area (Å²) < 4.78 is 0. The second-order valence-corrected chi connectivity index (χ2v) is 7.22. The number of benzene rings is 1. The summed E-state index contributed by atoms with van der Waals surface area (Å²) in [5.74, 6) is 0.526. The van der Waals surface area contributed by atoms with E-state index in [1.165, 1.54) is 22.0 Å². The Bertz CT molecular complexity index is 733. The fraction of sp³-hybridized carbons (Fsp3) is 0.526. The van der Waals surface area contributed by atoms with Gasteiger partial charge in [0.1, 0.15) is 0 Å². The summed E-state index contributed by atoms with van der Waals surface area (Å²) in [5.41, 5.74) is 4.10. The zero-order chi connectivity index (χ0) is 15.9. The monoisotopic (exact) mass is 347 g/mol. The van der Waals surface area contributed by atoms with Gasteiger partial charge in [-0.2, -0.15) is 0 Å². The van der Waals surface area contributed by atoms with Crippen molar-refractivity contribution in [3.63, 3.8) is 0 Å². The molecule has 5 heteroatoms. The number of rotatable bonds is 4. The molecule has 2 aromatic rings.